The largest absolute Gasteiger partial charge is 0.393 e. The summed E-state index contributed by atoms with van der Waals surface area (Å²) in [6.45, 7) is 9.89. The first-order chi connectivity index (χ1) is 10.0. The van der Waals surface area contributed by atoms with Crippen molar-refractivity contribution in [2.45, 2.75) is 71.3 Å². The molecule has 2 N–H and O–H groups in total. The fourth-order valence-electron chi connectivity index (χ4n) is 3.41. The Hall–Kier alpha value is -1.02. The smallest absolute Gasteiger partial charge is 0.0585 e. The van der Waals surface area contributed by atoms with Crippen LogP contribution in [0.4, 0.5) is 5.69 Å². The van der Waals surface area contributed by atoms with Gasteiger partial charge >= 0.3 is 0 Å². The molecule has 0 heterocycles. The standard InChI is InChI=1S/C19H31NO/c1-13(2)16-9-7-10-17(14(3)4)19(16)20-12-15-8-5-6-11-18(15)21/h7,9-10,13-15,18,20-21H,5-6,8,11-12H2,1-4H3. The van der Waals surface area contributed by atoms with E-state index in [9.17, 15) is 5.11 Å². The maximum absolute atomic E-state index is 10.2. The highest BCUT2D eigenvalue weighted by Crippen LogP contribution is 2.33. The topological polar surface area (TPSA) is 32.3 Å². The summed E-state index contributed by atoms with van der Waals surface area (Å²) in [7, 11) is 0. The molecule has 0 radical (unpaired) electrons. The fourth-order valence-corrected chi connectivity index (χ4v) is 3.41. The van der Waals surface area contributed by atoms with Gasteiger partial charge in [0.15, 0.2) is 0 Å². The van der Waals surface area contributed by atoms with Crippen molar-refractivity contribution in [2.75, 3.05) is 11.9 Å². The molecule has 1 aliphatic rings. The van der Waals surface area contributed by atoms with Gasteiger partial charge in [0.05, 0.1) is 6.10 Å². The van der Waals surface area contributed by atoms with E-state index in [0.29, 0.717) is 17.8 Å². The van der Waals surface area contributed by atoms with Crippen LogP contribution < -0.4 is 5.32 Å². The molecule has 2 nitrogen and oxygen atoms in total. The van der Waals surface area contributed by atoms with Crippen molar-refractivity contribution in [2.24, 2.45) is 5.92 Å². The SMILES string of the molecule is CC(C)c1cccc(C(C)C)c1NCC1CCCCC1O. The zero-order chi connectivity index (χ0) is 15.4. The molecule has 0 amide bonds. The first-order valence-electron chi connectivity index (χ1n) is 8.55. The molecule has 2 unspecified atom stereocenters. The van der Waals surface area contributed by atoms with Crippen LogP contribution in [0.3, 0.4) is 0 Å². The molecule has 1 fully saturated rings. The Balaban J connectivity index is 2.17. The minimum absolute atomic E-state index is 0.125. The first-order valence-corrected chi connectivity index (χ1v) is 8.55. The Morgan fingerprint density at radius 1 is 1.05 bits per heavy atom. The second-order valence-electron chi connectivity index (χ2n) is 7.11. The predicted octanol–water partition coefficient (Wildman–Crippen LogP) is 4.90. The molecule has 1 aliphatic carbocycles. The highest BCUT2D eigenvalue weighted by molar-refractivity contribution is 5.60. The molecular weight excluding hydrogens is 258 g/mol. The molecule has 0 aromatic heterocycles. The zero-order valence-electron chi connectivity index (χ0n) is 14.0. The lowest BCUT2D eigenvalue weighted by atomic mass is 9.86. The maximum Gasteiger partial charge on any atom is 0.0585 e. The summed E-state index contributed by atoms with van der Waals surface area (Å²) in [6, 6.07) is 6.64. The zero-order valence-corrected chi connectivity index (χ0v) is 14.0. The van der Waals surface area contributed by atoms with Crippen molar-refractivity contribution in [1.82, 2.24) is 0 Å². The highest BCUT2D eigenvalue weighted by atomic mass is 16.3. The Kier molecular flexibility index (Phi) is 5.69. The van der Waals surface area contributed by atoms with E-state index in [1.165, 1.54) is 29.7 Å². The van der Waals surface area contributed by atoms with Crippen LogP contribution >= 0.6 is 0 Å². The Bertz CT molecular complexity index is 427. The van der Waals surface area contributed by atoms with Crippen LogP contribution in [0.2, 0.25) is 0 Å². The Labute approximate surface area is 130 Å². The van der Waals surface area contributed by atoms with Crippen LogP contribution in [-0.2, 0) is 0 Å². The van der Waals surface area contributed by atoms with Crippen LogP contribution in [0.1, 0.15) is 76.3 Å². The number of hydrogen-bond donors (Lipinski definition) is 2. The van der Waals surface area contributed by atoms with Crippen LogP contribution in [0.15, 0.2) is 18.2 Å². The van der Waals surface area contributed by atoms with Gasteiger partial charge in [-0.1, -0.05) is 58.7 Å². The molecule has 0 spiro atoms. The van der Waals surface area contributed by atoms with E-state index in [1.54, 1.807) is 0 Å². The van der Waals surface area contributed by atoms with Gasteiger partial charge in [0.1, 0.15) is 0 Å². The molecule has 1 saturated carbocycles. The summed E-state index contributed by atoms with van der Waals surface area (Å²) in [5, 5.41) is 13.8. The number of rotatable bonds is 5. The summed E-state index contributed by atoms with van der Waals surface area (Å²) < 4.78 is 0. The van der Waals surface area contributed by atoms with Crippen molar-refractivity contribution in [3.63, 3.8) is 0 Å². The molecular formula is C19H31NO. The monoisotopic (exact) mass is 289 g/mol. The Morgan fingerprint density at radius 3 is 2.14 bits per heavy atom. The molecule has 2 heteroatoms. The lowest BCUT2D eigenvalue weighted by Crippen LogP contribution is -2.30. The van der Waals surface area contributed by atoms with Gasteiger partial charge in [0, 0.05) is 18.2 Å². The minimum Gasteiger partial charge on any atom is -0.393 e. The summed E-state index contributed by atoms with van der Waals surface area (Å²) in [5.74, 6) is 1.43. The summed E-state index contributed by atoms with van der Waals surface area (Å²) in [4.78, 5) is 0. The third kappa shape index (κ3) is 4.00. The average molecular weight is 289 g/mol. The van der Waals surface area contributed by atoms with E-state index in [-0.39, 0.29) is 6.10 Å². The number of para-hydroxylation sites is 1. The molecule has 1 aromatic rings. The van der Waals surface area contributed by atoms with Crippen LogP contribution in [-0.4, -0.2) is 17.8 Å². The second-order valence-corrected chi connectivity index (χ2v) is 7.11. The van der Waals surface area contributed by atoms with E-state index in [4.69, 9.17) is 0 Å². The van der Waals surface area contributed by atoms with Crippen molar-refractivity contribution in [1.29, 1.82) is 0 Å². The van der Waals surface area contributed by atoms with Gasteiger partial charge in [-0.25, -0.2) is 0 Å². The lowest BCUT2D eigenvalue weighted by molar-refractivity contribution is 0.0763. The van der Waals surface area contributed by atoms with Crippen molar-refractivity contribution >= 4 is 5.69 Å². The third-order valence-corrected chi connectivity index (χ3v) is 4.78. The van der Waals surface area contributed by atoms with Gasteiger partial charge in [-0.05, 0) is 35.8 Å². The van der Waals surface area contributed by atoms with Crippen LogP contribution in [0, 0.1) is 5.92 Å². The maximum atomic E-state index is 10.2. The molecule has 0 saturated heterocycles. The van der Waals surface area contributed by atoms with Gasteiger partial charge in [-0.15, -0.1) is 0 Å². The molecule has 118 valence electrons. The average Bonchev–Trinajstić information content (AvgIpc) is 2.45. The summed E-state index contributed by atoms with van der Waals surface area (Å²) in [6.07, 6.45) is 4.42. The molecule has 0 bridgehead atoms. The fraction of sp³-hybridized carbons (Fsp3) is 0.684. The Morgan fingerprint density at radius 2 is 1.62 bits per heavy atom. The number of aliphatic hydroxyl groups excluding tert-OH is 1. The minimum atomic E-state index is -0.125. The number of benzene rings is 1. The van der Waals surface area contributed by atoms with Crippen molar-refractivity contribution in [3.05, 3.63) is 29.3 Å². The van der Waals surface area contributed by atoms with Crippen molar-refractivity contribution < 1.29 is 5.11 Å². The first kappa shape index (κ1) is 16.4. The predicted molar refractivity (Wildman–Crippen MR) is 91.1 cm³/mol. The van der Waals surface area contributed by atoms with E-state index in [2.05, 4.69) is 51.2 Å². The third-order valence-electron chi connectivity index (χ3n) is 4.78. The molecule has 2 rings (SSSR count). The number of hydrogen-bond acceptors (Lipinski definition) is 2. The molecule has 2 atom stereocenters. The van der Waals surface area contributed by atoms with Gasteiger partial charge < -0.3 is 10.4 Å². The van der Waals surface area contributed by atoms with Crippen molar-refractivity contribution in [3.8, 4) is 0 Å². The highest BCUT2D eigenvalue weighted by Gasteiger charge is 2.23. The molecule has 1 aromatic carbocycles. The molecule has 21 heavy (non-hydrogen) atoms. The number of anilines is 1. The van der Waals surface area contributed by atoms with Gasteiger partial charge in [-0.2, -0.15) is 0 Å². The lowest BCUT2D eigenvalue weighted by Gasteiger charge is -2.29. The quantitative estimate of drug-likeness (QED) is 0.808. The summed E-state index contributed by atoms with van der Waals surface area (Å²) >= 11 is 0. The van der Waals surface area contributed by atoms with Gasteiger partial charge in [0.2, 0.25) is 0 Å². The van der Waals surface area contributed by atoms with Crippen LogP contribution in [0.25, 0.3) is 0 Å². The summed E-state index contributed by atoms with van der Waals surface area (Å²) in [5.41, 5.74) is 4.10. The van der Waals surface area contributed by atoms with Gasteiger partial charge in [0.25, 0.3) is 0 Å². The van der Waals surface area contributed by atoms with Gasteiger partial charge in [-0.3, -0.25) is 0 Å². The van der Waals surface area contributed by atoms with E-state index in [1.807, 2.05) is 0 Å². The van der Waals surface area contributed by atoms with E-state index in [0.717, 1.165) is 19.4 Å². The number of nitrogens with one attached hydrogen (secondary N) is 1. The van der Waals surface area contributed by atoms with E-state index >= 15 is 0 Å². The number of aliphatic hydroxyl groups is 1. The van der Waals surface area contributed by atoms with Crippen LogP contribution in [0.5, 0.6) is 0 Å². The second kappa shape index (κ2) is 7.31. The molecule has 0 aliphatic heterocycles. The van der Waals surface area contributed by atoms with E-state index < -0.39 is 0 Å². The normalized spacial score (nSPS) is 22.8.